The van der Waals surface area contributed by atoms with Crippen LogP contribution in [-0.2, 0) is 35.8 Å². The number of nitrogens with two attached hydrogens (primary N) is 1. The summed E-state index contributed by atoms with van der Waals surface area (Å²) in [6.07, 6.45) is 0.634. The Hall–Kier alpha value is -3.03. The van der Waals surface area contributed by atoms with E-state index in [0.29, 0.717) is 38.2 Å². The highest BCUT2D eigenvalue weighted by Crippen LogP contribution is 2.28. The first-order valence-corrected chi connectivity index (χ1v) is 9.81. The van der Waals surface area contributed by atoms with E-state index in [9.17, 15) is 14.4 Å². The molecule has 0 aromatic heterocycles. The van der Waals surface area contributed by atoms with E-state index in [1.807, 2.05) is 36.4 Å². The average Bonchev–Trinajstić information content (AvgIpc) is 3.04. The summed E-state index contributed by atoms with van der Waals surface area (Å²) in [6, 6.07) is 13.3. The van der Waals surface area contributed by atoms with Gasteiger partial charge in [-0.15, -0.1) is 0 Å². The zero-order chi connectivity index (χ0) is 20.4. The average molecular weight is 392 g/mol. The molecule has 2 aromatic rings. The molecule has 4 N–H and O–H groups in total. The summed E-state index contributed by atoms with van der Waals surface area (Å²) in [7, 11) is 0. The van der Waals surface area contributed by atoms with Crippen molar-refractivity contribution in [1.29, 1.82) is 0 Å². The molecule has 0 aliphatic carbocycles. The lowest BCUT2D eigenvalue weighted by atomic mass is 10.0. The van der Waals surface area contributed by atoms with Crippen LogP contribution in [0, 0.1) is 0 Å². The predicted molar refractivity (Wildman–Crippen MR) is 107 cm³/mol. The molecule has 29 heavy (non-hydrogen) atoms. The maximum Gasteiger partial charge on any atom is 0.255 e. The quantitative estimate of drug-likeness (QED) is 0.641. The van der Waals surface area contributed by atoms with Gasteiger partial charge in [0.25, 0.3) is 5.91 Å². The first-order chi connectivity index (χ1) is 14.1. The number of nitrogens with zero attached hydrogens (tertiary/aromatic N) is 1. The molecule has 1 unspecified atom stereocenters. The summed E-state index contributed by atoms with van der Waals surface area (Å²) < 4.78 is 0. The Morgan fingerprint density at radius 1 is 1.07 bits per heavy atom. The Morgan fingerprint density at radius 3 is 2.62 bits per heavy atom. The Bertz CT molecular complexity index is 972. The molecule has 1 fully saturated rings. The molecule has 150 valence electrons. The van der Waals surface area contributed by atoms with Gasteiger partial charge in [-0.1, -0.05) is 36.4 Å². The number of carbonyl (C=O) groups is 3. The van der Waals surface area contributed by atoms with Crippen molar-refractivity contribution >= 4 is 17.7 Å². The van der Waals surface area contributed by atoms with Crippen molar-refractivity contribution < 1.29 is 14.4 Å². The van der Waals surface area contributed by atoms with Gasteiger partial charge in [0.1, 0.15) is 6.04 Å². The SMILES string of the molecule is NCc1ccccc1CNCc1ccc2c(c1)C(=O)N(C1CCC(=O)NC1=O)C2. The molecule has 1 saturated heterocycles. The van der Waals surface area contributed by atoms with Gasteiger partial charge in [-0.3, -0.25) is 19.7 Å². The number of nitrogens with one attached hydrogen (secondary N) is 2. The Labute approximate surface area is 169 Å². The largest absolute Gasteiger partial charge is 0.326 e. The van der Waals surface area contributed by atoms with Crippen molar-refractivity contribution in [3.8, 4) is 0 Å². The van der Waals surface area contributed by atoms with Crippen LogP contribution in [0.2, 0.25) is 0 Å². The number of rotatable bonds is 6. The van der Waals surface area contributed by atoms with E-state index in [1.165, 1.54) is 0 Å². The number of benzene rings is 2. The second-order valence-corrected chi connectivity index (χ2v) is 7.47. The maximum absolute atomic E-state index is 12.9. The molecule has 0 spiro atoms. The third kappa shape index (κ3) is 3.92. The van der Waals surface area contributed by atoms with Crippen LogP contribution >= 0.6 is 0 Å². The van der Waals surface area contributed by atoms with E-state index >= 15 is 0 Å². The van der Waals surface area contributed by atoms with Crippen molar-refractivity contribution in [3.63, 3.8) is 0 Å². The minimum Gasteiger partial charge on any atom is -0.326 e. The van der Waals surface area contributed by atoms with E-state index in [1.54, 1.807) is 4.90 Å². The fourth-order valence-corrected chi connectivity index (χ4v) is 3.98. The van der Waals surface area contributed by atoms with Gasteiger partial charge < -0.3 is 16.0 Å². The van der Waals surface area contributed by atoms with Crippen LogP contribution in [-0.4, -0.2) is 28.7 Å². The summed E-state index contributed by atoms with van der Waals surface area (Å²) in [5, 5.41) is 5.73. The number of hydrogen-bond donors (Lipinski definition) is 3. The summed E-state index contributed by atoms with van der Waals surface area (Å²) in [5.41, 5.74) is 10.6. The van der Waals surface area contributed by atoms with Crippen LogP contribution in [0.5, 0.6) is 0 Å². The Kier molecular flexibility index (Phi) is 5.42. The molecular formula is C22H24N4O3. The Balaban J connectivity index is 1.41. The molecule has 2 aromatic carbocycles. The highest BCUT2D eigenvalue weighted by molar-refractivity contribution is 6.05. The predicted octanol–water partition coefficient (Wildman–Crippen LogP) is 1.20. The highest BCUT2D eigenvalue weighted by atomic mass is 16.2. The van der Waals surface area contributed by atoms with Crippen molar-refractivity contribution in [1.82, 2.24) is 15.5 Å². The molecular weight excluding hydrogens is 368 g/mol. The zero-order valence-corrected chi connectivity index (χ0v) is 16.1. The van der Waals surface area contributed by atoms with E-state index in [0.717, 1.165) is 22.3 Å². The van der Waals surface area contributed by atoms with Gasteiger partial charge in [0.2, 0.25) is 11.8 Å². The first kappa shape index (κ1) is 19.3. The van der Waals surface area contributed by atoms with Crippen molar-refractivity contribution in [2.75, 3.05) is 0 Å². The highest BCUT2D eigenvalue weighted by Gasteiger charge is 2.39. The van der Waals surface area contributed by atoms with Gasteiger partial charge in [-0.25, -0.2) is 0 Å². The summed E-state index contributed by atoms with van der Waals surface area (Å²) in [6.45, 7) is 2.22. The van der Waals surface area contributed by atoms with Gasteiger partial charge in [-0.05, 0) is 34.7 Å². The second-order valence-electron chi connectivity index (χ2n) is 7.47. The minimum absolute atomic E-state index is 0.148. The van der Waals surface area contributed by atoms with Gasteiger partial charge in [0.15, 0.2) is 0 Å². The third-order valence-electron chi connectivity index (χ3n) is 5.58. The fraction of sp³-hybridized carbons (Fsp3) is 0.318. The molecule has 7 heteroatoms. The van der Waals surface area contributed by atoms with E-state index in [-0.39, 0.29) is 24.1 Å². The van der Waals surface area contributed by atoms with E-state index in [4.69, 9.17) is 5.73 Å². The number of carbonyl (C=O) groups excluding carboxylic acids is 3. The van der Waals surface area contributed by atoms with Crippen molar-refractivity contribution in [2.45, 2.75) is 45.1 Å². The van der Waals surface area contributed by atoms with Gasteiger partial charge in [0, 0.05) is 38.2 Å². The van der Waals surface area contributed by atoms with Gasteiger partial charge >= 0.3 is 0 Å². The molecule has 2 aliphatic heterocycles. The van der Waals surface area contributed by atoms with Crippen LogP contribution in [0.1, 0.15) is 45.5 Å². The minimum atomic E-state index is -0.582. The molecule has 4 rings (SSSR count). The molecule has 0 saturated carbocycles. The topological polar surface area (TPSA) is 105 Å². The molecule has 0 radical (unpaired) electrons. The maximum atomic E-state index is 12.9. The second kappa shape index (κ2) is 8.14. The number of amides is 3. The van der Waals surface area contributed by atoms with Crippen LogP contribution in [0.4, 0.5) is 0 Å². The van der Waals surface area contributed by atoms with Gasteiger partial charge in [0.05, 0.1) is 0 Å². The van der Waals surface area contributed by atoms with Crippen LogP contribution in [0.15, 0.2) is 42.5 Å². The monoisotopic (exact) mass is 392 g/mol. The van der Waals surface area contributed by atoms with E-state index < -0.39 is 6.04 Å². The Morgan fingerprint density at radius 2 is 1.86 bits per heavy atom. The first-order valence-electron chi connectivity index (χ1n) is 9.81. The number of hydrogen-bond acceptors (Lipinski definition) is 5. The standard InChI is InChI=1S/C22H24N4O3/c23-10-15-3-1-2-4-16(15)12-24-11-14-5-6-17-13-26(22(29)18(17)9-14)19-7-8-20(27)25-21(19)28/h1-6,9,19,24H,7-8,10-13,23H2,(H,25,27,28). The van der Waals surface area contributed by atoms with Crippen molar-refractivity contribution in [2.24, 2.45) is 5.73 Å². The lowest BCUT2D eigenvalue weighted by Gasteiger charge is -2.29. The van der Waals surface area contributed by atoms with Crippen molar-refractivity contribution in [3.05, 3.63) is 70.3 Å². The molecule has 2 aliphatic rings. The lowest BCUT2D eigenvalue weighted by Crippen LogP contribution is -2.52. The summed E-state index contributed by atoms with van der Waals surface area (Å²) in [5.74, 6) is -0.812. The lowest BCUT2D eigenvalue weighted by molar-refractivity contribution is -0.136. The van der Waals surface area contributed by atoms with Crippen LogP contribution < -0.4 is 16.4 Å². The molecule has 2 heterocycles. The number of piperidine rings is 1. The molecule has 7 nitrogen and oxygen atoms in total. The number of fused-ring (bicyclic) bond motifs is 1. The smallest absolute Gasteiger partial charge is 0.255 e. The van der Waals surface area contributed by atoms with Crippen LogP contribution in [0.3, 0.4) is 0 Å². The molecule has 0 bridgehead atoms. The molecule has 3 amide bonds. The summed E-state index contributed by atoms with van der Waals surface area (Å²) in [4.78, 5) is 38.0. The normalized spacial score (nSPS) is 18.7. The zero-order valence-electron chi connectivity index (χ0n) is 16.1. The molecule has 1 atom stereocenters. The van der Waals surface area contributed by atoms with E-state index in [2.05, 4.69) is 16.7 Å². The fourth-order valence-electron chi connectivity index (χ4n) is 3.98. The summed E-state index contributed by atoms with van der Waals surface area (Å²) >= 11 is 0. The number of imide groups is 1. The third-order valence-corrected chi connectivity index (χ3v) is 5.58. The van der Waals surface area contributed by atoms with Gasteiger partial charge in [-0.2, -0.15) is 0 Å². The van der Waals surface area contributed by atoms with Crippen LogP contribution in [0.25, 0.3) is 0 Å².